The van der Waals surface area contributed by atoms with Crippen LogP contribution in [0.1, 0.15) is 24.2 Å². The first-order valence-electron chi connectivity index (χ1n) is 7.84. The highest BCUT2D eigenvalue weighted by Crippen LogP contribution is 2.17. The predicted molar refractivity (Wildman–Crippen MR) is 95.9 cm³/mol. The second-order valence-electron chi connectivity index (χ2n) is 5.82. The van der Waals surface area contributed by atoms with Crippen LogP contribution in [0.5, 0.6) is 0 Å². The highest BCUT2D eigenvalue weighted by Gasteiger charge is 2.19. The Hall–Kier alpha value is -3.07. The van der Waals surface area contributed by atoms with Crippen molar-refractivity contribution in [3.8, 4) is 5.82 Å². The van der Waals surface area contributed by atoms with Gasteiger partial charge in [0.1, 0.15) is 12.7 Å². The van der Waals surface area contributed by atoms with Gasteiger partial charge in [-0.2, -0.15) is 5.10 Å². The lowest BCUT2D eigenvalue weighted by molar-refractivity contribution is 0.102. The second kappa shape index (κ2) is 7.04. The van der Waals surface area contributed by atoms with E-state index in [2.05, 4.69) is 20.4 Å². The van der Waals surface area contributed by atoms with Gasteiger partial charge in [-0.05, 0) is 50.2 Å². The lowest BCUT2D eigenvalue weighted by atomic mass is 10.2. The topological polar surface area (TPSA) is 107 Å². The van der Waals surface area contributed by atoms with E-state index in [0.717, 1.165) is 0 Å². The number of amides is 1. The van der Waals surface area contributed by atoms with Crippen LogP contribution in [-0.2, 0) is 9.84 Å². The van der Waals surface area contributed by atoms with E-state index in [1.54, 1.807) is 26.0 Å². The maximum Gasteiger partial charge on any atom is 0.255 e. The number of nitrogens with zero attached hydrogens (tertiary/aromatic N) is 4. The molecule has 9 heteroatoms. The lowest BCUT2D eigenvalue weighted by Gasteiger charge is -2.09. The summed E-state index contributed by atoms with van der Waals surface area (Å²) in [7, 11) is -3.36. The number of carbonyl (C=O) groups excluding carboxylic acids is 1. The molecular weight excluding hydrogens is 354 g/mol. The number of pyridine rings is 1. The molecule has 3 aromatic rings. The molecule has 2 aromatic heterocycles. The van der Waals surface area contributed by atoms with Crippen molar-refractivity contribution in [1.29, 1.82) is 0 Å². The molecule has 1 N–H and O–H groups in total. The highest BCUT2D eigenvalue weighted by molar-refractivity contribution is 7.92. The van der Waals surface area contributed by atoms with E-state index in [4.69, 9.17) is 0 Å². The first kappa shape index (κ1) is 17.7. The molecule has 0 unspecified atom stereocenters. The Labute approximate surface area is 150 Å². The standard InChI is InChI=1S/C17H17N5O3S/c1-12(2)26(24,25)15-6-3-13(4-7-15)17(23)21-14-5-8-16(19-9-14)22-11-18-10-20-22/h3-12H,1-2H3,(H,21,23). The van der Waals surface area contributed by atoms with Crippen LogP contribution in [-0.4, -0.2) is 39.3 Å². The molecule has 2 heterocycles. The molecular formula is C17H17N5O3S. The molecule has 1 amide bonds. The molecule has 0 radical (unpaired) electrons. The second-order valence-corrected chi connectivity index (χ2v) is 8.32. The van der Waals surface area contributed by atoms with Gasteiger partial charge in [0.2, 0.25) is 0 Å². The summed E-state index contributed by atoms with van der Waals surface area (Å²) in [6.07, 6.45) is 4.43. The van der Waals surface area contributed by atoms with Crippen molar-refractivity contribution in [3.05, 3.63) is 60.8 Å². The fraction of sp³-hybridized carbons (Fsp3) is 0.176. The number of rotatable bonds is 5. The Kier molecular flexibility index (Phi) is 4.81. The van der Waals surface area contributed by atoms with E-state index in [9.17, 15) is 13.2 Å². The van der Waals surface area contributed by atoms with Crippen LogP contribution in [0.25, 0.3) is 5.82 Å². The number of hydrogen-bond acceptors (Lipinski definition) is 6. The quantitative estimate of drug-likeness (QED) is 0.736. The summed E-state index contributed by atoms with van der Waals surface area (Å²) in [5.41, 5.74) is 0.866. The average Bonchev–Trinajstić information content (AvgIpc) is 3.17. The summed E-state index contributed by atoms with van der Waals surface area (Å²) in [6.45, 7) is 3.23. The Balaban J connectivity index is 1.72. The molecule has 0 spiro atoms. The van der Waals surface area contributed by atoms with E-state index < -0.39 is 15.1 Å². The normalized spacial score (nSPS) is 11.5. The largest absolute Gasteiger partial charge is 0.321 e. The molecule has 0 saturated heterocycles. The van der Waals surface area contributed by atoms with Crippen molar-refractivity contribution in [1.82, 2.24) is 19.7 Å². The minimum Gasteiger partial charge on any atom is -0.321 e. The Morgan fingerprint density at radius 2 is 1.85 bits per heavy atom. The number of sulfone groups is 1. The number of anilines is 1. The first-order chi connectivity index (χ1) is 12.4. The van der Waals surface area contributed by atoms with Gasteiger partial charge in [0.25, 0.3) is 5.91 Å². The Morgan fingerprint density at radius 3 is 2.38 bits per heavy atom. The Morgan fingerprint density at radius 1 is 1.12 bits per heavy atom. The molecule has 26 heavy (non-hydrogen) atoms. The van der Waals surface area contributed by atoms with Crippen LogP contribution in [0.2, 0.25) is 0 Å². The van der Waals surface area contributed by atoms with Gasteiger partial charge in [0.05, 0.1) is 22.0 Å². The van der Waals surface area contributed by atoms with E-state index in [0.29, 0.717) is 17.1 Å². The zero-order valence-electron chi connectivity index (χ0n) is 14.2. The van der Waals surface area contributed by atoms with Gasteiger partial charge in [-0.1, -0.05) is 0 Å². The summed E-state index contributed by atoms with van der Waals surface area (Å²) in [5.74, 6) is 0.220. The highest BCUT2D eigenvalue weighted by atomic mass is 32.2. The van der Waals surface area contributed by atoms with E-state index in [1.165, 1.54) is 47.8 Å². The predicted octanol–water partition coefficient (Wildman–Crippen LogP) is 2.10. The van der Waals surface area contributed by atoms with Crippen LogP contribution in [0.3, 0.4) is 0 Å². The minimum atomic E-state index is -3.36. The molecule has 0 bridgehead atoms. The smallest absolute Gasteiger partial charge is 0.255 e. The van der Waals surface area contributed by atoms with Crippen LogP contribution < -0.4 is 5.32 Å². The zero-order chi connectivity index (χ0) is 18.7. The molecule has 0 atom stereocenters. The monoisotopic (exact) mass is 371 g/mol. The molecule has 1 aromatic carbocycles. The fourth-order valence-electron chi connectivity index (χ4n) is 2.19. The number of benzene rings is 1. The van der Waals surface area contributed by atoms with E-state index in [-0.39, 0.29) is 10.8 Å². The number of aromatic nitrogens is 4. The molecule has 0 aliphatic heterocycles. The number of hydrogen-bond donors (Lipinski definition) is 1. The molecule has 0 aliphatic carbocycles. The van der Waals surface area contributed by atoms with Crippen molar-refractivity contribution in [2.75, 3.05) is 5.32 Å². The zero-order valence-corrected chi connectivity index (χ0v) is 15.0. The van der Waals surface area contributed by atoms with Gasteiger partial charge >= 0.3 is 0 Å². The minimum absolute atomic E-state index is 0.197. The first-order valence-corrected chi connectivity index (χ1v) is 9.39. The van der Waals surface area contributed by atoms with Gasteiger partial charge in [-0.3, -0.25) is 4.79 Å². The summed E-state index contributed by atoms with van der Waals surface area (Å²) >= 11 is 0. The van der Waals surface area contributed by atoms with Crippen LogP contribution in [0.15, 0.2) is 60.1 Å². The molecule has 134 valence electrons. The Bertz CT molecular complexity index is 996. The average molecular weight is 371 g/mol. The van der Waals surface area contributed by atoms with Crippen molar-refractivity contribution >= 4 is 21.4 Å². The maximum atomic E-state index is 12.3. The van der Waals surface area contributed by atoms with Gasteiger partial charge in [-0.25, -0.2) is 23.1 Å². The van der Waals surface area contributed by atoms with Gasteiger partial charge in [0.15, 0.2) is 15.7 Å². The molecule has 0 saturated carbocycles. The fourth-order valence-corrected chi connectivity index (χ4v) is 3.25. The van der Waals surface area contributed by atoms with Gasteiger partial charge < -0.3 is 5.32 Å². The molecule has 8 nitrogen and oxygen atoms in total. The third-order valence-electron chi connectivity index (χ3n) is 3.72. The molecule has 0 fully saturated rings. The summed E-state index contributed by atoms with van der Waals surface area (Å²) in [4.78, 5) is 20.5. The van der Waals surface area contributed by atoms with Crippen LogP contribution in [0.4, 0.5) is 5.69 Å². The van der Waals surface area contributed by atoms with E-state index in [1.807, 2.05) is 0 Å². The van der Waals surface area contributed by atoms with Crippen molar-refractivity contribution < 1.29 is 13.2 Å². The summed E-state index contributed by atoms with van der Waals surface area (Å²) < 4.78 is 25.7. The van der Waals surface area contributed by atoms with Gasteiger partial charge in [0, 0.05) is 5.56 Å². The summed E-state index contributed by atoms with van der Waals surface area (Å²) in [6, 6.07) is 9.25. The lowest BCUT2D eigenvalue weighted by Crippen LogP contribution is -2.15. The number of carbonyl (C=O) groups is 1. The SMILES string of the molecule is CC(C)S(=O)(=O)c1ccc(C(=O)Nc2ccc(-n3cncn3)nc2)cc1. The van der Waals surface area contributed by atoms with Gasteiger partial charge in [-0.15, -0.1) is 0 Å². The van der Waals surface area contributed by atoms with Crippen molar-refractivity contribution in [2.24, 2.45) is 0 Å². The summed E-state index contributed by atoms with van der Waals surface area (Å²) in [5, 5.41) is 6.17. The number of nitrogens with one attached hydrogen (secondary N) is 1. The third-order valence-corrected chi connectivity index (χ3v) is 5.90. The van der Waals surface area contributed by atoms with E-state index >= 15 is 0 Å². The van der Waals surface area contributed by atoms with Crippen molar-refractivity contribution in [3.63, 3.8) is 0 Å². The maximum absolute atomic E-state index is 12.3. The van der Waals surface area contributed by atoms with Crippen molar-refractivity contribution in [2.45, 2.75) is 24.0 Å². The van der Waals surface area contributed by atoms with Crippen LogP contribution in [0, 0.1) is 0 Å². The van der Waals surface area contributed by atoms with Crippen LogP contribution >= 0.6 is 0 Å². The molecule has 0 aliphatic rings. The molecule has 3 rings (SSSR count). The third kappa shape index (κ3) is 3.62.